The first kappa shape index (κ1) is 16.4. The lowest BCUT2D eigenvalue weighted by molar-refractivity contribution is -0.108. The fourth-order valence-electron chi connectivity index (χ4n) is 3.39. The van der Waals surface area contributed by atoms with E-state index in [0.717, 1.165) is 31.2 Å². The van der Waals surface area contributed by atoms with Gasteiger partial charge in [0.15, 0.2) is 0 Å². The molecule has 0 bridgehead atoms. The second-order valence-electron chi connectivity index (χ2n) is 6.82. The summed E-state index contributed by atoms with van der Waals surface area (Å²) in [5.74, 6) is 5.58. The van der Waals surface area contributed by atoms with Gasteiger partial charge >= 0.3 is 0 Å². The third-order valence-electron chi connectivity index (χ3n) is 4.76. The summed E-state index contributed by atoms with van der Waals surface area (Å²) in [6, 6.07) is 6.44. The van der Waals surface area contributed by atoms with E-state index in [1.54, 1.807) is 12.1 Å². The number of hydrazine groups is 1. The average Bonchev–Trinajstić information content (AvgIpc) is 2.43. The number of ether oxygens (including phenoxy) is 1. The van der Waals surface area contributed by atoms with Crippen LogP contribution in [0.3, 0.4) is 0 Å². The number of nitrogens with one attached hydrogen (secondary N) is 1. The highest BCUT2D eigenvalue weighted by Crippen LogP contribution is 2.47. The zero-order valence-electron chi connectivity index (χ0n) is 13.3. The molecule has 1 aromatic carbocycles. The molecular formula is C17H27FN2O. The molecule has 1 aliphatic carbocycles. The average molecular weight is 294 g/mol. The first-order valence-electron chi connectivity index (χ1n) is 7.78. The summed E-state index contributed by atoms with van der Waals surface area (Å²) in [4.78, 5) is 0. The van der Waals surface area contributed by atoms with E-state index in [1.807, 2.05) is 13.0 Å². The molecule has 0 aromatic heterocycles. The molecule has 1 aliphatic rings. The molecule has 118 valence electrons. The SMILES string of the molecule is CCOC1(C(NN)c2cccc(F)c2)CCC(C)(C)CC1. The van der Waals surface area contributed by atoms with Crippen LogP contribution >= 0.6 is 0 Å². The van der Waals surface area contributed by atoms with Gasteiger partial charge in [0.1, 0.15) is 5.82 Å². The van der Waals surface area contributed by atoms with Gasteiger partial charge in [-0.15, -0.1) is 0 Å². The highest BCUT2D eigenvalue weighted by molar-refractivity contribution is 5.24. The maximum atomic E-state index is 13.6. The quantitative estimate of drug-likeness (QED) is 0.643. The molecule has 1 atom stereocenters. The molecule has 3 N–H and O–H groups in total. The van der Waals surface area contributed by atoms with Crippen molar-refractivity contribution in [2.75, 3.05) is 6.61 Å². The predicted molar refractivity (Wildman–Crippen MR) is 83.1 cm³/mol. The lowest BCUT2D eigenvalue weighted by Gasteiger charge is -2.47. The van der Waals surface area contributed by atoms with Crippen LogP contribution < -0.4 is 11.3 Å². The predicted octanol–water partition coefficient (Wildman–Crippen LogP) is 3.71. The van der Waals surface area contributed by atoms with E-state index in [0.29, 0.717) is 12.0 Å². The van der Waals surface area contributed by atoms with Crippen molar-refractivity contribution in [2.45, 2.75) is 58.1 Å². The molecule has 0 spiro atoms. The van der Waals surface area contributed by atoms with Gasteiger partial charge in [-0.25, -0.2) is 4.39 Å². The number of benzene rings is 1. The van der Waals surface area contributed by atoms with Crippen LogP contribution in [0.4, 0.5) is 4.39 Å². The molecule has 0 aliphatic heterocycles. The Labute approximate surface area is 127 Å². The lowest BCUT2D eigenvalue weighted by Crippen LogP contribution is -2.51. The highest BCUT2D eigenvalue weighted by Gasteiger charge is 2.45. The van der Waals surface area contributed by atoms with Gasteiger partial charge in [0, 0.05) is 6.61 Å². The molecule has 21 heavy (non-hydrogen) atoms. The smallest absolute Gasteiger partial charge is 0.123 e. The number of halogens is 1. The Bertz CT molecular complexity index is 466. The Morgan fingerprint density at radius 1 is 1.29 bits per heavy atom. The fourth-order valence-corrected chi connectivity index (χ4v) is 3.39. The third-order valence-corrected chi connectivity index (χ3v) is 4.76. The molecule has 3 nitrogen and oxygen atoms in total. The van der Waals surface area contributed by atoms with Gasteiger partial charge in [-0.3, -0.25) is 11.3 Å². The van der Waals surface area contributed by atoms with Gasteiger partial charge in [-0.1, -0.05) is 26.0 Å². The summed E-state index contributed by atoms with van der Waals surface area (Å²) in [5, 5.41) is 0. The minimum absolute atomic E-state index is 0.191. The summed E-state index contributed by atoms with van der Waals surface area (Å²) in [5.41, 5.74) is 3.71. The van der Waals surface area contributed by atoms with Crippen LogP contribution in [-0.4, -0.2) is 12.2 Å². The minimum Gasteiger partial charge on any atom is -0.373 e. The largest absolute Gasteiger partial charge is 0.373 e. The monoisotopic (exact) mass is 294 g/mol. The molecule has 0 amide bonds. The van der Waals surface area contributed by atoms with Gasteiger partial charge < -0.3 is 4.74 Å². The summed E-state index contributed by atoms with van der Waals surface area (Å²) in [7, 11) is 0. The van der Waals surface area contributed by atoms with Crippen LogP contribution in [0.1, 0.15) is 58.1 Å². The first-order valence-corrected chi connectivity index (χ1v) is 7.78. The maximum absolute atomic E-state index is 13.6. The van der Waals surface area contributed by atoms with Crippen molar-refractivity contribution in [3.05, 3.63) is 35.6 Å². The van der Waals surface area contributed by atoms with Crippen LogP contribution in [0, 0.1) is 11.2 Å². The summed E-state index contributed by atoms with van der Waals surface area (Å²) in [6.07, 6.45) is 4.03. The highest BCUT2D eigenvalue weighted by atomic mass is 19.1. The summed E-state index contributed by atoms with van der Waals surface area (Å²) in [6.45, 7) is 7.21. The normalized spacial score (nSPS) is 22.0. The van der Waals surface area contributed by atoms with E-state index in [1.165, 1.54) is 6.07 Å². The second kappa shape index (κ2) is 6.42. The summed E-state index contributed by atoms with van der Waals surface area (Å²) < 4.78 is 19.7. The van der Waals surface area contributed by atoms with Crippen molar-refractivity contribution in [3.8, 4) is 0 Å². The molecule has 1 aromatic rings. The molecule has 1 unspecified atom stereocenters. The zero-order chi connectivity index (χ0) is 15.5. The van der Waals surface area contributed by atoms with Crippen LogP contribution in [0.5, 0.6) is 0 Å². The number of rotatable bonds is 5. The molecule has 0 heterocycles. The molecule has 1 saturated carbocycles. The molecule has 4 heteroatoms. The summed E-state index contributed by atoms with van der Waals surface area (Å²) >= 11 is 0. The van der Waals surface area contributed by atoms with Crippen LogP contribution in [-0.2, 0) is 4.74 Å². The Hall–Kier alpha value is -0.970. The Morgan fingerprint density at radius 3 is 2.48 bits per heavy atom. The fraction of sp³-hybridized carbons (Fsp3) is 0.647. The van der Waals surface area contributed by atoms with Crippen LogP contribution in [0.25, 0.3) is 0 Å². The van der Waals surface area contributed by atoms with Gasteiger partial charge in [0.2, 0.25) is 0 Å². The molecule has 1 fully saturated rings. The number of hydrogen-bond acceptors (Lipinski definition) is 3. The van der Waals surface area contributed by atoms with Gasteiger partial charge in [0.25, 0.3) is 0 Å². The van der Waals surface area contributed by atoms with Gasteiger partial charge in [0.05, 0.1) is 11.6 Å². The molecular weight excluding hydrogens is 267 g/mol. The number of hydrogen-bond donors (Lipinski definition) is 2. The Morgan fingerprint density at radius 2 is 1.95 bits per heavy atom. The van der Waals surface area contributed by atoms with E-state index < -0.39 is 0 Å². The van der Waals surface area contributed by atoms with Crippen molar-refractivity contribution in [1.29, 1.82) is 0 Å². The van der Waals surface area contributed by atoms with Crippen molar-refractivity contribution >= 4 is 0 Å². The van der Waals surface area contributed by atoms with Crippen molar-refractivity contribution in [1.82, 2.24) is 5.43 Å². The van der Waals surface area contributed by atoms with Crippen LogP contribution in [0.2, 0.25) is 0 Å². The van der Waals surface area contributed by atoms with E-state index in [9.17, 15) is 4.39 Å². The van der Waals surface area contributed by atoms with Gasteiger partial charge in [-0.05, 0) is 55.7 Å². The first-order chi connectivity index (χ1) is 9.92. The number of nitrogens with two attached hydrogens (primary N) is 1. The molecule has 0 radical (unpaired) electrons. The lowest BCUT2D eigenvalue weighted by atomic mass is 9.67. The van der Waals surface area contributed by atoms with Crippen molar-refractivity contribution in [3.63, 3.8) is 0 Å². The van der Waals surface area contributed by atoms with Crippen molar-refractivity contribution in [2.24, 2.45) is 11.3 Å². The topological polar surface area (TPSA) is 47.3 Å². The Kier molecular flexibility index (Phi) is 5.02. The second-order valence-corrected chi connectivity index (χ2v) is 6.82. The molecule has 2 rings (SSSR count). The zero-order valence-corrected chi connectivity index (χ0v) is 13.3. The van der Waals surface area contributed by atoms with E-state index in [2.05, 4.69) is 19.3 Å². The third kappa shape index (κ3) is 3.62. The standard InChI is InChI=1S/C17H27FN2O/c1-4-21-17(10-8-16(2,3)9-11-17)15(20-19)13-6-5-7-14(18)12-13/h5-7,12,15,20H,4,8-11,19H2,1-3H3. The maximum Gasteiger partial charge on any atom is 0.123 e. The Balaban J connectivity index is 2.31. The van der Waals surface area contributed by atoms with Gasteiger partial charge in [-0.2, -0.15) is 0 Å². The molecule has 0 saturated heterocycles. The van der Waals surface area contributed by atoms with Crippen molar-refractivity contribution < 1.29 is 9.13 Å². The van der Waals surface area contributed by atoms with E-state index >= 15 is 0 Å². The van der Waals surface area contributed by atoms with Crippen LogP contribution in [0.15, 0.2) is 24.3 Å². The van der Waals surface area contributed by atoms with E-state index in [-0.39, 0.29) is 17.5 Å². The minimum atomic E-state index is -0.354. The van der Waals surface area contributed by atoms with E-state index in [4.69, 9.17) is 10.6 Å².